The smallest absolute Gasteiger partial charge is 0.174 e. The van der Waals surface area contributed by atoms with E-state index in [0.717, 1.165) is 36.0 Å². The SMILES string of the molecule is CCc1nc(CC)n(-c2cncc(CNC(C)(C)C)n2)n1. The molecule has 2 aromatic rings. The maximum absolute atomic E-state index is 4.64. The average Bonchev–Trinajstić information content (AvgIpc) is 2.88. The van der Waals surface area contributed by atoms with Crippen LogP contribution < -0.4 is 5.32 Å². The molecule has 0 fully saturated rings. The van der Waals surface area contributed by atoms with Gasteiger partial charge in [0.15, 0.2) is 11.6 Å². The van der Waals surface area contributed by atoms with Gasteiger partial charge in [-0.05, 0) is 20.8 Å². The van der Waals surface area contributed by atoms with Gasteiger partial charge in [0.25, 0.3) is 0 Å². The van der Waals surface area contributed by atoms with E-state index in [4.69, 9.17) is 0 Å². The first kappa shape index (κ1) is 15.6. The molecule has 0 bridgehead atoms. The van der Waals surface area contributed by atoms with Crippen molar-refractivity contribution in [1.29, 1.82) is 0 Å². The molecule has 6 nitrogen and oxygen atoms in total. The summed E-state index contributed by atoms with van der Waals surface area (Å²) in [5.74, 6) is 2.49. The van der Waals surface area contributed by atoms with Crippen LogP contribution in [0.3, 0.4) is 0 Å². The minimum absolute atomic E-state index is 0.0505. The van der Waals surface area contributed by atoms with Crippen molar-refractivity contribution in [3.05, 3.63) is 29.7 Å². The Bertz CT molecular complexity index is 596. The number of nitrogens with zero attached hydrogens (tertiary/aromatic N) is 5. The molecular weight excluding hydrogens is 264 g/mol. The predicted octanol–water partition coefficient (Wildman–Crippen LogP) is 2.07. The highest BCUT2D eigenvalue weighted by Crippen LogP contribution is 2.09. The van der Waals surface area contributed by atoms with Gasteiger partial charge in [-0.2, -0.15) is 4.68 Å². The fraction of sp³-hybridized carbons (Fsp3) is 0.600. The highest BCUT2D eigenvalue weighted by molar-refractivity contribution is 5.20. The van der Waals surface area contributed by atoms with E-state index in [1.54, 1.807) is 17.1 Å². The molecule has 0 aromatic carbocycles. The lowest BCUT2D eigenvalue weighted by molar-refractivity contribution is 0.420. The van der Waals surface area contributed by atoms with Crippen molar-refractivity contribution in [3.8, 4) is 5.82 Å². The topological polar surface area (TPSA) is 68.5 Å². The van der Waals surface area contributed by atoms with Crippen LogP contribution in [0.4, 0.5) is 0 Å². The lowest BCUT2D eigenvalue weighted by Crippen LogP contribution is -2.35. The predicted molar refractivity (Wildman–Crippen MR) is 82.3 cm³/mol. The highest BCUT2D eigenvalue weighted by atomic mass is 15.4. The van der Waals surface area contributed by atoms with E-state index in [1.807, 2.05) is 0 Å². The van der Waals surface area contributed by atoms with Gasteiger partial charge in [-0.15, -0.1) is 5.10 Å². The van der Waals surface area contributed by atoms with Crippen molar-refractivity contribution >= 4 is 0 Å². The van der Waals surface area contributed by atoms with Crippen LogP contribution in [0.1, 0.15) is 52.0 Å². The number of hydrogen-bond donors (Lipinski definition) is 1. The summed E-state index contributed by atoms with van der Waals surface area (Å²) in [6.45, 7) is 11.2. The molecule has 0 amide bonds. The Hall–Kier alpha value is -1.82. The Balaban J connectivity index is 2.26. The van der Waals surface area contributed by atoms with Crippen LogP contribution in [-0.2, 0) is 19.4 Å². The van der Waals surface area contributed by atoms with E-state index in [9.17, 15) is 0 Å². The Morgan fingerprint density at radius 2 is 1.86 bits per heavy atom. The first-order chi connectivity index (χ1) is 9.93. The lowest BCUT2D eigenvalue weighted by atomic mass is 10.1. The molecule has 0 atom stereocenters. The van der Waals surface area contributed by atoms with Crippen LogP contribution in [-0.4, -0.2) is 30.3 Å². The first-order valence-electron chi connectivity index (χ1n) is 7.44. The van der Waals surface area contributed by atoms with Gasteiger partial charge in [0.2, 0.25) is 0 Å². The molecule has 0 unspecified atom stereocenters. The molecule has 6 heteroatoms. The second-order valence-corrected chi connectivity index (χ2v) is 6.04. The van der Waals surface area contributed by atoms with Crippen molar-refractivity contribution in [2.75, 3.05) is 0 Å². The molecule has 0 saturated heterocycles. The van der Waals surface area contributed by atoms with E-state index >= 15 is 0 Å². The zero-order valence-electron chi connectivity index (χ0n) is 13.5. The second kappa shape index (κ2) is 6.30. The van der Waals surface area contributed by atoms with Crippen molar-refractivity contribution in [3.63, 3.8) is 0 Å². The standard InChI is InChI=1S/C15H24N6/c1-6-12-19-13(7-2)21(20-12)14-10-16-8-11(18-14)9-17-15(3,4)5/h8,10,17H,6-7,9H2,1-5H3. The van der Waals surface area contributed by atoms with Gasteiger partial charge in [0.05, 0.1) is 11.9 Å². The van der Waals surface area contributed by atoms with Gasteiger partial charge in [0, 0.05) is 31.1 Å². The molecule has 2 heterocycles. The second-order valence-electron chi connectivity index (χ2n) is 6.04. The summed E-state index contributed by atoms with van der Waals surface area (Å²) in [6.07, 6.45) is 5.15. The van der Waals surface area contributed by atoms with Crippen LogP contribution in [0.15, 0.2) is 12.4 Å². The molecule has 2 rings (SSSR count). The summed E-state index contributed by atoms with van der Waals surface area (Å²) in [5.41, 5.74) is 0.951. The third-order valence-corrected chi connectivity index (χ3v) is 3.04. The van der Waals surface area contributed by atoms with Gasteiger partial charge in [0.1, 0.15) is 5.82 Å². The Labute approximate surface area is 126 Å². The summed E-state index contributed by atoms with van der Waals surface area (Å²) in [5, 5.41) is 7.92. The first-order valence-corrected chi connectivity index (χ1v) is 7.44. The van der Waals surface area contributed by atoms with Gasteiger partial charge < -0.3 is 5.32 Å². The molecule has 0 saturated carbocycles. The molecule has 0 aliphatic heterocycles. The van der Waals surface area contributed by atoms with Crippen LogP contribution in [0.2, 0.25) is 0 Å². The third-order valence-electron chi connectivity index (χ3n) is 3.04. The van der Waals surface area contributed by atoms with Gasteiger partial charge in [-0.25, -0.2) is 9.97 Å². The zero-order chi connectivity index (χ0) is 15.5. The fourth-order valence-electron chi connectivity index (χ4n) is 1.89. The maximum atomic E-state index is 4.64. The molecule has 0 aliphatic rings. The molecule has 21 heavy (non-hydrogen) atoms. The van der Waals surface area contributed by atoms with Crippen molar-refractivity contribution in [1.82, 2.24) is 30.0 Å². The summed E-state index contributed by atoms with van der Waals surface area (Å²) < 4.78 is 1.80. The number of rotatable bonds is 5. The van der Waals surface area contributed by atoms with E-state index in [1.165, 1.54) is 0 Å². The summed E-state index contributed by atoms with van der Waals surface area (Å²) in [4.78, 5) is 13.4. The van der Waals surface area contributed by atoms with Gasteiger partial charge in [-0.3, -0.25) is 4.98 Å². The Morgan fingerprint density at radius 3 is 2.48 bits per heavy atom. The van der Waals surface area contributed by atoms with E-state index < -0.39 is 0 Å². The monoisotopic (exact) mass is 288 g/mol. The van der Waals surface area contributed by atoms with Crippen molar-refractivity contribution in [2.45, 2.75) is 59.5 Å². The molecule has 0 aliphatic carbocycles. The van der Waals surface area contributed by atoms with E-state index in [2.05, 4.69) is 60.0 Å². The Kier molecular flexibility index (Phi) is 4.67. The number of hydrogen-bond acceptors (Lipinski definition) is 5. The summed E-state index contributed by atoms with van der Waals surface area (Å²) in [6, 6.07) is 0. The lowest BCUT2D eigenvalue weighted by Gasteiger charge is -2.20. The minimum Gasteiger partial charge on any atom is -0.306 e. The molecule has 114 valence electrons. The van der Waals surface area contributed by atoms with Gasteiger partial charge >= 0.3 is 0 Å². The number of aryl methyl sites for hydroxylation is 2. The molecular formula is C15H24N6. The van der Waals surface area contributed by atoms with E-state index in [-0.39, 0.29) is 5.54 Å². The average molecular weight is 288 g/mol. The highest BCUT2D eigenvalue weighted by Gasteiger charge is 2.12. The molecule has 0 radical (unpaired) electrons. The van der Waals surface area contributed by atoms with Crippen LogP contribution >= 0.6 is 0 Å². The third kappa shape index (κ3) is 4.07. The molecule has 1 N–H and O–H groups in total. The fourth-order valence-corrected chi connectivity index (χ4v) is 1.89. The van der Waals surface area contributed by atoms with Crippen LogP contribution in [0.25, 0.3) is 5.82 Å². The normalized spacial score (nSPS) is 11.9. The number of nitrogens with one attached hydrogen (secondary N) is 1. The van der Waals surface area contributed by atoms with Crippen LogP contribution in [0, 0.1) is 0 Å². The van der Waals surface area contributed by atoms with Crippen molar-refractivity contribution < 1.29 is 0 Å². The van der Waals surface area contributed by atoms with Gasteiger partial charge in [-0.1, -0.05) is 13.8 Å². The summed E-state index contributed by atoms with van der Waals surface area (Å²) >= 11 is 0. The molecule has 0 spiro atoms. The van der Waals surface area contributed by atoms with Crippen LogP contribution in [0.5, 0.6) is 0 Å². The zero-order valence-corrected chi connectivity index (χ0v) is 13.5. The summed E-state index contributed by atoms with van der Waals surface area (Å²) in [7, 11) is 0. The maximum Gasteiger partial charge on any atom is 0.174 e. The Morgan fingerprint density at radius 1 is 1.10 bits per heavy atom. The van der Waals surface area contributed by atoms with E-state index in [0.29, 0.717) is 6.54 Å². The van der Waals surface area contributed by atoms with Crippen molar-refractivity contribution in [2.24, 2.45) is 0 Å². The molecule has 2 aromatic heterocycles. The minimum atomic E-state index is 0.0505. The number of aromatic nitrogens is 5. The quantitative estimate of drug-likeness (QED) is 0.912. The largest absolute Gasteiger partial charge is 0.306 e.